The van der Waals surface area contributed by atoms with Crippen molar-refractivity contribution in [1.82, 2.24) is 0 Å². The molecular formula is C15H26O7. The molecule has 2 atom stereocenters. The Kier molecular flexibility index (Phi) is 11.1. The van der Waals surface area contributed by atoms with Crippen LogP contribution < -0.4 is 0 Å². The molecule has 0 aromatic rings. The maximum Gasteiger partial charge on any atom is 0.329 e. The van der Waals surface area contributed by atoms with Gasteiger partial charge in [0.15, 0.2) is 0 Å². The number of carbonyl (C=O) groups is 3. The van der Waals surface area contributed by atoms with Crippen LogP contribution in [-0.2, 0) is 19.1 Å². The van der Waals surface area contributed by atoms with Gasteiger partial charge in [-0.25, -0.2) is 4.79 Å². The molecule has 0 aliphatic carbocycles. The predicted octanol–water partition coefficient (Wildman–Crippen LogP) is 2.24. The van der Waals surface area contributed by atoms with E-state index in [9.17, 15) is 14.4 Å². The Morgan fingerprint density at radius 3 is 1.91 bits per heavy atom. The molecule has 0 heterocycles. The second-order valence-electron chi connectivity index (χ2n) is 5.50. The van der Waals surface area contributed by atoms with Crippen LogP contribution >= 0.6 is 0 Å². The number of aliphatic carboxylic acids is 3. The molecule has 0 saturated heterocycles. The Morgan fingerprint density at radius 2 is 1.41 bits per heavy atom. The Bertz CT molecular complexity index is 354. The highest BCUT2D eigenvalue weighted by Gasteiger charge is 2.16. The van der Waals surface area contributed by atoms with Gasteiger partial charge < -0.3 is 20.1 Å². The van der Waals surface area contributed by atoms with E-state index in [4.69, 9.17) is 20.1 Å². The zero-order valence-corrected chi connectivity index (χ0v) is 13.0. The third-order valence-electron chi connectivity index (χ3n) is 3.62. The molecule has 0 aromatic carbocycles. The first-order chi connectivity index (χ1) is 10.3. The largest absolute Gasteiger partial charge is 0.481 e. The van der Waals surface area contributed by atoms with Crippen molar-refractivity contribution >= 4 is 17.9 Å². The Hall–Kier alpha value is -1.63. The average Bonchev–Trinajstić information content (AvgIpc) is 2.40. The first-order valence-corrected chi connectivity index (χ1v) is 7.58. The highest BCUT2D eigenvalue weighted by Crippen LogP contribution is 2.22. The Labute approximate surface area is 130 Å². The average molecular weight is 318 g/mol. The summed E-state index contributed by atoms with van der Waals surface area (Å²) in [7, 11) is 0. The molecule has 128 valence electrons. The molecule has 0 fully saturated rings. The standard InChI is InChI=1S/C15H26O7/c1-2-11(8-13(16)17)4-3-5-12(9-14(18)19)6-7-22-10-15(20)21/h11-12H,2-10H2,1H3,(H,16,17)(H,18,19)(H,20,21). The smallest absolute Gasteiger partial charge is 0.329 e. The second kappa shape index (κ2) is 12.0. The Morgan fingerprint density at radius 1 is 0.864 bits per heavy atom. The van der Waals surface area contributed by atoms with Crippen LogP contribution in [0.25, 0.3) is 0 Å². The lowest BCUT2D eigenvalue weighted by molar-refractivity contribution is -0.143. The van der Waals surface area contributed by atoms with Crippen LogP contribution in [0.15, 0.2) is 0 Å². The molecule has 0 aliphatic heterocycles. The lowest BCUT2D eigenvalue weighted by Crippen LogP contribution is -2.14. The van der Waals surface area contributed by atoms with Gasteiger partial charge in [0, 0.05) is 19.4 Å². The minimum Gasteiger partial charge on any atom is -0.481 e. The van der Waals surface area contributed by atoms with Crippen LogP contribution in [0.4, 0.5) is 0 Å². The number of hydrogen-bond acceptors (Lipinski definition) is 4. The van der Waals surface area contributed by atoms with Crippen LogP contribution in [0.1, 0.15) is 51.9 Å². The van der Waals surface area contributed by atoms with E-state index < -0.39 is 17.9 Å². The SMILES string of the molecule is CCC(CCCC(CCOCC(=O)O)CC(=O)O)CC(=O)O. The predicted molar refractivity (Wildman–Crippen MR) is 78.7 cm³/mol. The van der Waals surface area contributed by atoms with Crippen LogP contribution in [-0.4, -0.2) is 46.4 Å². The minimum absolute atomic E-state index is 0.0200. The van der Waals surface area contributed by atoms with Crippen LogP contribution in [0, 0.1) is 11.8 Å². The molecule has 0 bridgehead atoms. The molecule has 3 N–H and O–H groups in total. The Balaban J connectivity index is 4.09. The molecule has 0 rings (SSSR count). The van der Waals surface area contributed by atoms with Gasteiger partial charge in [-0.2, -0.15) is 0 Å². The topological polar surface area (TPSA) is 121 Å². The van der Waals surface area contributed by atoms with Gasteiger partial charge in [-0.05, 0) is 31.1 Å². The maximum absolute atomic E-state index is 10.8. The maximum atomic E-state index is 10.8. The molecular weight excluding hydrogens is 292 g/mol. The van der Waals surface area contributed by atoms with E-state index in [0.29, 0.717) is 12.8 Å². The van der Waals surface area contributed by atoms with Gasteiger partial charge in [0.1, 0.15) is 6.61 Å². The van der Waals surface area contributed by atoms with E-state index in [1.807, 2.05) is 6.92 Å². The molecule has 7 nitrogen and oxygen atoms in total. The summed E-state index contributed by atoms with van der Waals surface area (Å²) in [5.74, 6) is -2.70. The molecule has 0 saturated carbocycles. The van der Waals surface area contributed by atoms with Gasteiger partial charge in [0.25, 0.3) is 0 Å². The fraction of sp³-hybridized carbons (Fsp3) is 0.800. The van der Waals surface area contributed by atoms with Crippen LogP contribution in [0.2, 0.25) is 0 Å². The summed E-state index contributed by atoms with van der Waals surface area (Å²) in [6.07, 6.45) is 3.65. The van der Waals surface area contributed by atoms with E-state index in [0.717, 1.165) is 19.3 Å². The molecule has 0 aliphatic rings. The fourth-order valence-corrected chi connectivity index (χ4v) is 2.40. The molecule has 0 amide bonds. The molecule has 22 heavy (non-hydrogen) atoms. The highest BCUT2D eigenvalue weighted by molar-refractivity contribution is 5.68. The first-order valence-electron chi connectivity index (χ1n) is 7.58. The van der Waals surface area contributed by atoms with Crippen molar-refractivity contribution in [2.24, 2.45) is 11.8 Å². The second-order valence-corrected chi connectivity index (χ2v) is 5.50. The number of carboxylic acids is 3. The van der Waals surface area contributed by atoms with Gasteiger partial charge in [-0.3, -0.25) is 9.59 Å². The normalized spacial score (nSPS) is 13.5. The lowest BCUT2D eigenvalue weighted by atomic mass is 9.90. The van der Waals surface area contributed by atoms with Gasteiger partial charge in [0.2, 0.25) is 0 Å². The van der Waals surface area contributed by atoms with Gasteiger partial charge in [-0.1, -0.05) is 19.8 Å². The van der Waals surface area contributed by atoms with Crippen molar-refractivity contribution in [2.45, 2.75) is 51.9 Å². The summed E-state index contributed by atoms with van der Waals surface area (Å²) in [6, 6.07) is 0. The van der Waals surface area contributed by atoms with Gasteiger partial charge >= 0.3 is 17.9 Å². The summed E-state index contributed by atoms with van der Waals surface area (Å²) < 4.78 is 4.94. The molecule has 0 radical (unpaired) electrons. The third-order valence-corrected chi connectivity index (χ3v) is 3.62. The van der Waals surface area contributed by atoms with Crippen molar-refractivity contribution in [2.75, 3.05) is 13.2 Å². The van der Waals surface area contributed by atoms with Crippen LogP contribution in [0.3, 0.4) is 0 Å². The summed E-state index contributed by atoms with van der Waals surface area (Å²) >= 11 is 0. The zero-order valence-electron chi connectivity index (χ0n) is 13.0. The zero-order chi connectivity index (χ0) is 17.0. The van der Waals surface area contributed by atoms with Crippen molar-refractivity contribution in [3.8, 4) is 0 Å². The van der Waals surface area contributed by atoms with E-state index in [-0.39, 0.29) is 37.9 Å². The number of rotatable bonds is 14. The third kappa shape index (κ3) is 12.1. The minimum atomic E-state index is -1.05. The first kappa shape index (κ1) is 20.4. The highest BCUT2D eigenvalue weighted by atomic mass is 16.5. The van der Waals surface area contributed by atoms with Crippen molar-refractivity contribution in [1.29, 1.82) is 0 Å². The van der Waals surface area contributed by atoms with E-state index in [1.54, 1.807) is 0 Å². The number of ether oxygens (including phenoxy) is 1. The molecule has 7 heteroatoms. The van der Waals surface area contributed by atoms with Gasteiger partial charge in [-0.15, -0.1) is 0 Å². The quantitative estimate of drug-likeness (QED) is 0.420. The van der Waals surface area contributed by atoms with Crippen molar-refractivity contribution < 1.29 is 34.4 Å². The van der Waals surface area contributed by atoms with Crippen molar-refractivity contribution in [3.63, 3.8) is 0 Å². The van der Waals surface area contributed by atoms with E-state index >= 15 is 0 Å². The van der Waals surface area contributed by atoms with E-state index in [2.05, 4.69) is 0 Å². The summed E-state index contributed by atoms with van der Waals surface area (Å²) in [5, 5.41) is 26.1. The molecule has 0 spiro atoms. The summed E-state index contributed by atoms with van der Waals surface area (Å²) in [6.45, 7) is 1.79. The fourth-order valence-electron chi connectivity index (χ4n) is 2.40. The number of carboxylic acid groups (broad SMARTS) is 3. The monoisotopic (exact) mass is 318 g/mol. The van der Waals surface area contributed by atoms with Crippen molar-refractivity contribution in [3.05, 3.63) is 0 Å². The van der Waals surface area contributed by atoms with Gasteiger partial charge in [0.05, 0.1) is 0 Å². The summed E-state index contributed by atoms with van der Waals surface area (Å²) in [4.78, 5) is 31.9. The molecule has 0 aromatic heterocycles. The summed E-state index contributed by atoms with van der Waals surface area (Å²) in [5.41, 5.74) is 0. The van der Waals surface area contributed by atoms with E-state index in [1.165, 1.54) is 0 Å². The lowest BCUT2D eigenvalue weighted by Gasteiger charge is -2.17. The van der Waals surface area contributed by atoms with Crippen LogP contribution in [0.5, 0.6) is 0 Å². The number of hydrogen-bond donors (Lipinski definition) is 3. The molecule has 2 unspecified atom stereocenters.